The van der Waals surface area contributed by atoms with E-state index in [-0.39, 0.29) is 11.9 Å². The quantitative estimate of drug-likeness (QED) is 0.499. The van der Waals surface area contributed by atoms with Crippen molar-refractivity contribution < 1.29 is 4.74 Å². The Labute approximate surface area is 94.7 Å². The fourth-order valence-corrected chi connectivity index (χ4v) is 1.10. The Morgan fingerprint density at radius 1 is 1.62 bits per heavy atom. The molecular formula is C10H17N5O. The second-order valence-electron chi connectivity index (χ2n) is 3.56. The molecule has 6 nitrogen and oxygen atoms in total. The van der Waals surface area contributed by atoms with Crippen molar-refractivity contribution >= 4 is 11.8 Å². The van der Waals surface area contributed by atoms with Gasteiger partial charge in [0, 0.05) is 19.3 Å². The van der Waals surface area contributed by atoms with Crippen LogP contribution in [-0.4, -0.2) is 35.6 Å². The number of ether oxygens (including phenoxy) is 1. The molecule has 0 spiro atoms. The number of nitrogens with zero attached hydrogens (tertiary/aromatic N) is 2. The van der Waals surface area contributed by atoms with Gasteiger partial charge in [-0.25, -0.2) is 9.97 Å². The van der Waals surface area contributed by atoms with Crippen LogP contribution in [0, 0.1) is 12.3 Å². The van der Waals surface area contributed by atoms with Crippen LogP contribution < -0.4 is 11.1 Å². The molecule has 0 aromatic carbocycles. The second kappa shape index (κ2) is 5.41. The van der Waals surface area contributed by atoms with Gasteiger partial charge >= 0.3 is 0 Å². The van der Waals surface area contributed by atoms with Crippen molar-refractivity contribution in [1.29, 1.82) is 5.41 Å². The first kappa shape index (κ1) is 12.4. The summed E-state index contributed by atoms with van der Waals surface area (Å²) in [5.74, 6) is 0.405. The third-order valence-electron chi connectivity index (χ3n) is 2.08. The van der Waals surface area contributed by atoms with Gasteiger partial charge < -0.3 is 15.8 Å². The zero-order chi connectivity index (χ0) is 12.1. The molecule has 0 amide bonds. The Kier molecular flexibility index (Phi) is 4.19. The Morgan fingerprint density at radius 3 is 2.88 bits per heavy atom. The molecule has 0 saturated heterocycles. The third kappa shape index (κ3) is 3.47. The van der Waals surface area contributed by atoms with Crippen LogP contribution in [0.25, 0.3) is 0 Å². The van der Waals surface area contributed by atoms with E-state index in [0.717, 1.165) is 5.69 Å². The van der Waals surface area contributed by atoms with Gasteiger partial charge in [0.15, 0.2) is 0 Å². The van der Waals surface area contributed by atoms with Crippen LogP contribution >= 0.6 is 0 Å². The number of aryl methyl sites for hydroxylation is 1. The standard InChI is InChI=1S/C10H17N5O/c1-6-4-8(9(11)12)15-10(14-6)13-5-7(2)16-3/h4,7H,5H2,1-3H3,(H3,11,12)(H,13,14,15). The van der Waals surface area contributed by atoms with Crippen LogP contribution in [0.4, 0.5) is 5.95 Å². The van der Waals surface area contributed by atoms with E-state index in [1.165, 1.54) is 0 Å². The number of nitrogens with one attached hydrogen (secondary N) is 2. The van der Waals surface area contributed by atoms with Gasteiger partial charge in [-0.15, -0.1) is 0 Å². The maximum absolute atomic E-state index is 7.32. The molecule has 1 aromatic heterocycles. The Morgan fingerprint density at radius 2 is 2.31 bits per heavy atom. The normalized spacial score (nSPS) is 12.2. The maximum atomic E-state index is 7.32. The molecule has 1 atom stereocenters. The van der Waals surface area contributed by atoms with E-state index in [1.807, 2.05) is 13.8 Å². The van der Waals surface area contributed by atoms with Crippen LogP contribution in [0.15, 0.2) is 6.07 Å². The predicted octanol–water partition coefficient (Wildman–Crippen LogP) is 0.516. The number of nitrogen functional groups attached to an aromatic ring is 1. The Bertz CT molecular complexity index is 379. The van der Waals surface area contributed by atoms with Gasteiger partial charge in [-0.1, -0.05) is 0 Å². The SMILES string of the molecule is COC(C)CNc1nc(C)cc(C(=N)N)n1. The fraction of sp³-hybridized carbons (Fsp3) is 0.500. The van der Waals surface area contributed by atoms with Crippen molar-refractivity contribution in [3.05, 3.63) is 17.5 Å². The summed E-state index contributed by atoms with van der Waals surface area (Å²) in [6.45, 7) is 4.38. The lowest BCUT2D eigenvalue weighted by Crippen LogP contribution is -2.21. The molecular weight excluding hydrogens is 206 g/mol. The van der Waals surface area contributed by atoms with Crippen molar-refractivity contribution in [2.45, 2.75) is 20.0 Å². The summed E-state index contributed by atoms with van der Waals surface area (Å²) in [6.07, 6.45) is 0.0740. The molecule has 0 aliphatic carbocycles. The summed E-state index contributed by atoms with van der Waals surface area (Å²) in [4.78, 5) is 8.30. The summed E-state index contributed by atoms with van der Waals surface area (Å²) in [5, 5.41) is 10.3. The van der Waals surface area contributed by atoms with Gasteiger partial charge in [-0.2, -0.15) is 0 Å². The summed E-state index contributed by atoms with van der Waals surface area (Å²) < 4.78 is 5.09. The highest BCUT2D eigenvalue weighted by molar-refractivity contribution is 5.93. The molecule has 0 saturated carbocycles. The molecule has 16 heavy (non-hydrogen) atoms. The van der Waals surface area contributed by atoms with E-state index in [4.69, 9.17) is 15.9 Å². The molecule has 0 aliphatic rings. The molecule has 0 bridgehead atoms. The van der Waals surface area contributed by atoms with Gasteiger partial charge in [-0.3, -0.25) is 5.41 Å². The van der Waals surface area contributed by atoms with E-state index < -0.39 is 0 Å². The van der Waals surface area contributed by atoms with E-state index >= 15 is 0 Å². The van der Waals surface area contributed by atoms with Crippen LogP contribution in [0.3, 0.4) is 0 Å². The lowest BCUT2D eigenvalue weighted by atomic mass is 10.3. The third-order valence-corrected chi connectivity index (χ3v) is 2.08. The highest BCUT2D eigenvalue weighted by Gasteiger charge is 2.05. The van der Waals surface area contributed by atoms with Gasteiger partial charge in [0.25, 0.3) is 0 Å². The molecule has 1 heterocycles. The van der Waals surface area contributed by atoms with Crippen molar-refractivity contribution in [1.82, 2.24) is 9.97 Å². The van der Waals surface area contributed by atoms with Crippen LogP contribution in [-0.2, 0) is 4.74 Å². The highest BCUT2D eigenvalue weighted by Crippen LogP contribution is 2.04. The highest BCUT2D eigenvalue weighted by atomic mass is 16.5. The second-order valence-corrected chi connectivity index (χ2v) is 3.56. The van der Waals surface area contributed by atoms with Crippen molar-refractivity contribution in [3.63, 3.8) is 0 Å². The lowest BCUT2D eigenvalue weighted by molar-refractivity contribution is 0.128. The minimum Gasteiger partial charge on any atom is -0.382 e. The summed E-state index contributed by atoms with van der Waals surface area (Å²) in [7, 11) is 1.64. The molecule has 1 unspecified atom stereocenters. The molecule has 4 N–H and O–H groups in total. The average Bonchev–Trinajstić information content (AvgIpc) is 2.25. The molecule has 1 aromatic rings. The van der Waals surface area contributed by atoms with E-state index in [2.05, 4.69) is 15.3 Å². The van der Waals surface area contributed by atoms with Crippen LogP contribution in [0.2, 0.25) is 0 Å². The molecule has 1 rings (SSSR count). The van der Waals surface area contributed by atoms with Crippen LogP contribution in [0.1, 0.15) is 18.3 Å². The van der Waals surface area contributed by atoms with Gasteiger partial charge in [0.2, 0.25) is 5.95 Å². The number of amidine groups is 1. The number of hydrogen-bond donors (Lipinski definition) is 3. The Hall–Kier alpha value is -1.69. The van der Waals surface area contributed by atoms with E-state index in [1.54, 1.807) is 13.2 Å². The average molecular weight is 223 g/mol. The first-order valence-corrected chi connectivity index (χ1v) is 4.99. The minimum absolute atomic E-state index is 0.0617. The molecule has 88 valence electrons. The number of nitrogens with two attached hydrogens (primary N) is 1. The van der Waals surface area contributed by atoms with Gasteiger partial charge in [0.05, 0.1) is 6.10 Å². The summed E-state index contributed by atoms with van der Waals surface area (Å²) >= 11 is 0. The molecule has 0 radical (unpaired) electrons. The van der Waals surface area contributed by atoms with E-state index in [0.29, 0.717) is 18.2 Å². The number of anilines is 1. The zero-order valence-corrected chi connectivity index (χ0v) is 9.74. The first-order valence-electron chi connectivity index (χ1n) is 4.99. The molecule has 0 aliphatic heterocycles. The lowest BCUT2D eigenvalue weighted by Gasteiger charge is -2.11. The van der Waals surface area contributed by atoms with E-state index in [9.17, 15) is 0 Å². The summed E-state index contributed by atoms with van der Waals surface area (Å²) in [5.41, 5.74) is 6.58. The van der Waals surface area contributed by atoms with Crippen molar-refractivity contribution in [2.24, 2.45) is 5.73 Å². The van der Waals surface area contributed by atoms with Gasteiger partial charge in [0.1, 0.15) is 11.5 Å². The smallest absolute Gasteiger partial charge is 0.223 e. The topological polar surface area (TPSA) is 96.9 Å². The zero-order valence-electron chi connectivity index (χ0n) is 9.74. The largest absolute Gasteiger partial charge is 0.382 e. The number of aromatic nitrogens is 2. The molecule has 0 fully saturated rings. The van der Waals surface area contributed by atoms with Crippen molar-refractivity contribution in [2.75, 3.05) is 19.0 Å². The number of hydrogen-bond acceptors (Lipinski definition) is 5. The van der Waals surface area contributed by atoms with Crippen molar-refractivity contribution in [3.8, 4) is 0 Å². The number of rotatable bonds is 5. The first-order chi connectivity index (χ1) is 7.52. The predicted molar refractivity (Wildman–Crippen MR) is 62.7 cm³/mol. The van der Waals surface area contributed by atoms with Crippen LogP contribution in [0.5, 0.6) is 0 Å². The molecule has 6 heteroatoms. The van der Waals surface area contributed by atoms with Gasteiger partial charge in [-0.05, 0) is 19.9 Å². The maximum Gasteiger partial charge on any atom is 0.223 e. The Balaban J connectivity index is 2.76. The monoisotopic (exact) mass is 223 g/mol. The number of methoxy groups -OCH3 is 1. The minimum atomic E-state index is -0.0617. The summed E-state index contributed by atoms with van der Waals surface area (Å²) in [6, 6.07) is 1.67. The fourth-order valence-electron chi connectivity index (χ4n) is 1.10.